The fourth-order valence-electron chi connectivity index (χ4n) is 6.42. The van der Waals surface area contributed by atoms with Gasteiger partial charge in [-0.15, -0.1) is 0 Å². The predicted molar refractivity (Wildman–Crippen MR) is 161 cm³/mol. The molecule has 4 heterocycles. The zero-order valence-corrected chi connectivity index (χ0v) is 24.8. The number of carboxylic acid groups (broad SMARTS) is 1. The third kappa shape index (κ3) is 5.46. The Morgan fingerprint density at radius 3 is 2.38 bits per heavy atom. The van der Waals surface area contributed by atoms with Gasteiger partial charge >= 0.3 is 12.6 Å². The van der Waals surface area contributed by atoms with Crippen LogP contribution >= 0.6 is 0 Å². The van der Waals surface area contributed by atoms with E-state index >= 15 is 0 Å². The molecule has 3 aromatic carbocycles. The number of fused-ring (bicyclic) bond motifs is 2. The topological polar surface area (TPSA) is 111 Å². The fourth-order valence-corrected chi connectivity index (χ4v) is 6.42. The molecule has 2 aliphatic heterocycles. The van der Waals surface area contributed by atoms with Gasteiger partial charge in [0.1, 0.15) is 28.8 Å². The summed E-state index contributed by atoms with van der Waals surface area (Å²) in [5, 5.41) is 9.60. The molecule has 1 fully saturated rings. The van der Waals surface area contributed by atoms with E-state index in [2.05, 4.69) is 0 Å². The minimum absolute atomic E-state index is 0.0612. The lowest BCUT2D eigenvalue weighted by Gasteiger charge is -2.22. The van der Waals surface area contributed by atoms with E-state index in [0.717, 1.165) is 44.8 Å². The Balaban J connectivity index is 1.25. The summed E-state index contributed by atoms with van der Waals surface area (Å²) < 4.78 is 49.4. The summed E-state index contributed by atoms with van der Waals surface area (Å²) in [6.07, 6.45) is 1.92. The quantitative estimate of drug-likeness (QED) is 0.194. The van der Waals surface area contributed by atoms with Gasteiger partial charge in [-0.05, 0) is 73.7 Å². The first-order chi connectivity index (χ1) is 21.8. The second-order valence-corrected chi connectivity index (χ2v) is 11.4. The summed E-state index contributed by atoms with van der Waals surface area (Å²) in [7, 11) is 0. The van der Waals surface area contributed by atoms with E-state index in [1.807, 2.05) is 50.2 Å². The number of carboxylic acids is 1. The number of nitrogens with zero attached hydrogens (tertiary/aromatic N) is 3. The molecule has 11 heteroatoms. The van der Waals surface area contributed by atoms with Crippen LogP contribution in [0, 0.1) is 13.8 Å². The van der Waals surface area contributed by atoms with E-state index in [4.69, 9.17) is 28.3 Å². The second-order valence-electron chi connectivity index (χ2n) is 11.4. The standard InChI is InChI=1S/C34H31F2N3O6/c1-18-21(22-7-4-9-24(19(22)2)32-38-26-17-42-13-11-28(26)43-32)6-3-8-23(18)31-37-25-14-20(16-39-12-5-10-27(39)33(40)41)29(45-34(35)36)15-30(25)44-31/h3-4,6-9,14-15,27,34H,5,10-13,16-17H2,1-2H3,(H,40,41)/t27-/m0/s1. The first-order valence-corrected chi connectivity index (χ1v) is 14.9. The number of aromatic nitrogens is 2. The van der Waals surface area contributed by atoms with Crippen molar-refractivity contribution in [2.45, 2.75) is 58.9 Å². The summed E-state index contributed by atoms with van der Waals surface area (Å²) in [4.78, 5) is 22.9. The van der Waals surface area contributed by atoms with E-state index in [1.54, 1.807) is 11.0 Å². The number of halogens is 2. The van der Waals surface area contributed by atoms with E-state index < -0.39 is 18.6 Å². The van der Waals surface area contributed by atoms with E-state index in [0.29, 0.717) is 67.5 Å². The highest BCUT2D eigenvalue weighted by molar-refractivity contribution is 5.84. The molecule has 0 amide bonds. The van der Waals surface area contributed by atoms with Crippen molar-refractivity contribution in [1.82, 2.24) is 14.9 Å². The normalized spacial score (nSPS) is 16.9. The Labute approximate surface area is 257 Å². The maximum absolute atomic E-state index is 13.4. The lowest BCUT2D eigenvalue weighted by Crippen LogP contribution is -2.35. The van der Waals surface area contributed by atoms with Crippen LogP contribution in [0.25, 0.3) is 45.1 Å². The minimum atomic E-state index is -3.05. The van der Waals surface area contributed by atoms with Gasteiger partial charge in [0.2, 0.25) is 11.8 Å². The number of rotatable bonds is 8. The molecular formula is C34H31F2N3O6. The van der Waals surface area contributed by atoms with Crippen LogP contribution in [0.2, 0.25) is 0 Å². The fraction of sp³-hybridized carbons (Fsp3) is 0.324. The van der Waals surface area contributed by atoms with Crippen LogP contribution in [-0.4, -0.2) is 51.7 Å². The molecule has 232 valence electrons. The molecule has 45 heavy (non-hydrogen) atoms. The molecule has 5 aromatic rings. The zero-order chi connectivity index (χ0) is 31.2. The van der Waals surface area contributed by atoms with Crippen LogP contribution in [0.1, 0.15) is 41.0 Å². The number of aliphatic carboxylic acids is 1. The number of alkyl halides is 2. The van der Waals surface area contributed by atoms with Gasteiger partial charge in [-0.2, -0.15) is 8.78 Å². The number of hydrogen-bond donors (Lipinski definition) is 1. The van der Waals surface area contributed by atoms with Crippen molar-refractivity contribution in [2.75, 3.05) is 13.2 Å². The number of benzene rings is 3. The van der Waals surface area contributed by atoms with E-state index in [9.17, 15) is 18.7 Å². The second kappa shape index (κ2) is 11.7. The first-order valence-electron chi connectivity index (χ1n) is 14.9. The van der Waals surface area contributed by atoms with Gasteiger partial charge in [-0.25, -0.2) is 9.97 Å². The average Bonchev–Trinajstić information content (AvgIpc) is 3.76. The highest BCUT2D eigenvalue weighted by Crippen LogP contribution is 2.39. The minimum Gasteiger partial charge on any atom is -0.480 e. The van der Waals surface area contributed by atoms with Crippen LogP contribution in [0.3, 0.4) is 0 Å². The summed E-state index contributed by atoms with van der Waals surface area (Å²) in [6, 6.07) is 14.3. The smallest absolute Gasteiger partial charge is 0.387 e. The molecule has 1 N–H and O–H groups in total. The first kappa shape index (κ1) is 29.1. The van der Waals surface area contributed by atoms with Crippen LogP contribution in [0.15, 0.2) is 57.4 Å². The van der Waals surface area contributed by atoms with E-state index in [-0.39, 0.29) is 12.3 Å². The van der Waals surface area contributed by atoms with Crippen LogP contribution in [-0.2, 0) is 29.1 Å². The Morgan fingerprint density at radius 1 is 1.02 bits per heavy atom. The largest absolute Gasteiger partial charge is 0.480 e. The van der Waals surface area contributed by atoms with Gasteiger partial charge in [0.05, 0.1) is 13.2 Å². The third-order valence-corrected chi connectivity index (χ3v) is 8.72. The average molecular weight is 616 g/mol. The number of ether oxygens (including phenoxy) is 2. The summed E-state index contributed by atoms with van der Waals surface area (Å²) in [5.74, 6) is 0.775. The van der Waals surface area contributed by atoms with Crippen molar-refractivity contribution < 1.29 is 37.0 Å². The highest BCUT2D eigenvalue weighted by Gasteiger charge is 2.31. The van der Waals surface area contributed by atoms with Crippen molar-refractivity contribution in [3.8, 4) is 39.8 Å². The molecule has 9 nitrogen and oxygen atoms in total. The summed E-state index contributed by atoms with van der Waals surface area (Å²) >= 11 is 0. The van der Waals surface area contributed by atoms with Gasteiger partial charge in [-0.1, -0.05) is 24.3 Å². The molecule has 0 radical (unpaired) electrons. The van der Waals surface area contributed by atoms with Crippen molar-refractivity contribution in [2.24, 2.45) is 0 Å². The summed E-state index contributed by atoms with van der Waals surface area (Å²) in [6.45, 7) is 2.73. The van der Waals surface area contributed by atoms with Gasteiger partial charge < -0.3 is 23.4 Å². The molecular weight excluding hydrogens is 584 g/mol. The molecule has 0 saturated carbocycles. The van der Waals surface area contributed by atoms with Gasteiger partial charge in [0.25, 0.3) is 0 Å². The number of carbonyl (C=O) groups is 1. The van der Waals surface area contributed by atoms with E-state index in [1.165, 1.54) is 6.07 Å². The number of likely N-dealkylation sites (tertiary alicyclic amines) is 1. The summed E-state index contributed by atoms with van der Waals surface area (Å²) in [5.41, 5.74) is 7.58. The molecule has 7 rings (SSSR count). The zero-order valence-electron chi connectivity index (χ0n) is 24.8. The molecule has 2 aromatic heterocycles. The Kier molecular flexibility index (Phi) is 7.58. The van der Waals surface area contributed by atoms with Crippen LogP contribution in [0.5, 0.6) is 5.75 Å². The molecule has 1 atom stereocenters. The van der Waals surface area contributed by atoms with Gasteiger partial charge in [-0.3, -0.25) is 9.69 Å². The Morgan fingerprint density at radius 2 is 1.71 bits per heavy atom. The molecule has 0 bridgehead atoms. The SMILES string of the molecule is Cc1c(-c2nc3c(o2)CCOC3)cccc1-c1cccc(-c2nc3cc(CN4CCC[C@H]4C(=O)O)c(OC(F)F)cc3o2)c1C. The lowest BCUT2D eigenvalue weighted by molar-refractivity contribution is -0.142. The van der Waals surface area contributed by atoms with Crippen molar-refractivity contribution in [1.29, 1.82) is 0 Å². The maximum Gasteiger partial charge on any atom is 0.387 e. The number of oxazole rings is 2. The lowest BCUT2D eigenvalue weighted by atomic mass is 9.91. The van der Waals surface area contributed by atoms with Crippen LogP contribution in [0.4, 0.5) is 8.78 Å². The molecule has 0 aliphatic carbocycles. The molecule has 2 aliphatic rings. The maximum atomic E-state index is 13.4. The molecule has 1 saturated heterocycles. The third-order valence-electron chi connectivity index (χ3n) is 8.72. The van der Waals surface area contributed by atoms with Crippen LogP contribution < -0.4 is 4.74 Å². The van der Waals surface area contributed by atoms with Gasteiger partial charge in [0, 0.05) is 35.7 Å². The number of hydrogen-bond acceptors (Lipinski definition) is 8. The Hall–Kier alpha value is -4.61. The molecule has 0 unspecified atom stereocenters. The predicted octanol–water partition coefficient (Wildman–Crippen LogP) is 7.16. The van der Waals surface area contributed by atoms with Gasteiger partial charge in [0.15, 0.2) is 5.58 Å². The van der Waals surface area contributed by atoms with Crippen molar-refractivity contribution >= 4 is 17.1 Å². The Bertz CT molecular complexity index is 1890. The van der Waals surface area contributed by atoms with Crippen molar-refractivity contribution in [3.05, 3.63) is 76.7 Å². The molecule has 0 spiro atoms. The monoisotopic (exact) mass is 615 g/mol. The highest BCUT2D eigenvalue weighted by atomic mass is 19.3. The van der Waals surface area contributed by atoms with Crippen molar-refractivity contribution in [3.63, 3.8) is 0 Å².